The van der Waals surface area contributed by atoms with Crippen LogP contribution in [0.2, 0.25) is 0 Å². The van der Waals surface area contributed by atoms with Crippen LogP contribution in [0.1, 0.15) is 22.9 Å². The lowest BCUT2D eigenvalue weighted by atomic mass is 10.2. The Labute approximate surface area is 128 Å². The number of nitrogens with zero attached hydrogens (tertiary/aromatic N) is 1. The number of rotatable bonds is 6. The number of nitro groups is 1. The van der Waals surface area contributed by atoms with Crippen molar-refractivity contribution in [2.75, 3.05) is 0 Å². The van der Waals surface area contributed by atoms with E-state index in [0.29, 0.717) is 5.56 Å². The second-order valence-electron chi connectivity index (χ2n) is 4.83. The molecule has 0 aromatic heterocycles. The summed E-state index contributed by atoms with van der Waals surface area (Å²) in [6.45, 7) is 1.88. The molecule has 0 aliphatic carbocycles. The van der Waals surface area contributed by atoms with Gasteiger partial charge in [-0.05, 0) is 24.6 Å². The van der Waals surface area contributed by atoms with Crippen LogP contribution in [-0.2, 0) is 20.1 Å². The summed E-state index contributed by atoms with van der Waals surface area (Å²) in [5.41, 5.74) is 1.69. The highest BCUT2D eigenvalue weighted by atomic mass is 32.2. The maximum absolute atomic E-state index is 12.0. The van der Waals surface area contributed by atoms with Crippen molar-refractivity contribution in [1.82, 2.24) is 0 Å². The third kappa shape index (κ3) is 4.37. The molecule has 7 heteroatoms. The van der Waals surface area contributed by atoms with E-state index in [1.165, 1.54) is 12.1 Å². The lowest BCUT2D eigenvalue weighted by molar-refractivity contribution is -0.570. The Hall–Kier alpha value is -2.25. The molecular weight excluding hydrogens is 306 g/mol. The second kappa shape index (κ2) is 6.67. The molecule has 2 aromatic rings. The molecule has 0 saturated heterocycles. The van der Waals surface area contributed by atoms with E-state index >= 15 is 0 Å². The van der Waals surface area contributed by atoms with Crippen molar-refractivity contribution in [2.24, 2.45) is 0 Å². The summed E-state index contributed by atoms with van der Waals surface area (Å²) in [7, 11) is -4.08. The van der Waals surface area contributed by atoms with Crippen molar-refractivity contribution >= 4 is 10.1 Å². The molecule has 1 atom stereocenters. The number of benzene rings is 2. The van der Waals surface area contributed by atoms with Gasteiger partial charge in [0.2, 0.25) is 0 Å². The fraction of sp³-hybridized carbons (Fsp3) is 0.200. The van der Waals surface area contributed by atoms with E-state index in [0.717, 1.165) is 5.56 Å². The van der Waals surface area contributed by atoms with Gasteiger partial charge < -0.3 is 0 Å². The van der Waals surface area contributed by atoms with Crippen LogP contribution in [0.15, 0.2) is 54.6 Å². The van der Waals surface area contributed by atoms with Gasteiger partial charge in [-0.15, -0.1) is 0 Å². The van der Waals surface area contributed by atoms with Crippen molar-refractivity contribution in [3.63, 3.8) is 0 Å². The first-order valence-electron chi connectivity index (χ1n) is 6.52. The SMILES string of the molecule is Cc1ccc(CS(=O)(=O)OC(c2ccccc2)[N+](=O)[O-])cc1. The van der Waals surface area contributed by atoms with Gasteiger partial charge >= 0.3 is 6.23 Å². The zero-order valence-electron chi connectivity index (χ0n) is 11.9. The van der Waals surface area contributed by atoms with Crippen molar-refractivity contribution in [1.29, 1.82) is 0 Å². The van der Waals surface area contributed by atoms with Gasteiger partial charge in [-0.2, -0.15) is 12.6 Å². The van der Waals surface area contributed by atoms with Gasteiger partial charge in [0, 0.05) is 0 Å². The van der Waals surface area contributed by atoms with E-state index < -0.39 is 27.0 Å². The minimum atomic E-state index is -4.08. The molecule has 1 unspecified atom stereocenters. The normalized spacial score (nSPS) is 12.8. The fourth-order valence-corrected chi connectivity index (χ4v) is 3.02. The highest BCUT2D eigenvalue weighted by molar-refractivity contribution is 7.85. The summed E-state index contributed by atoms with van der Waals surface area (Å²) in [6, 6.07) is 14.6. The van der Waals surface area contributed by atoms with Crippen LogP contribution in [0.3, 0.4) is 0 Å². The molecule has 0 fully saturated rings. The molecule has 0 spiro atoms. The highest BCUT2D eigenvalue weighted by Gasteiger charge is 2.30. The average molecular weight is 321 g/mol. The molecule has 0 amide bonds. The first-order chi connectivity index (χ1) is 10.4. The number of hydrogen-bond donors (Lipinski definition) is 0. The Morgan fingerprint density at radius 3 is 2.23 bits per heavy atom. The molecule has 2 rings (SSSR count). The van der Waals surface area contributed by atoms with Crippen LogP contribution < -0.4 is 0 Å². The van der Waals surface area contributed by atoms with Crippen LogP contribution in [0.5, 0.6) is 0 Å². The summed E-state index contributed by atoms with van der Waals surface area (Å²) in [5, 5.41) is 11.1. The van der Waals surface area contributed by atoms with Crippen molar-refractivity contribution in [3.8, 4) is 0 Å². The Balaban J connectivity index is 2.18. The summed E-state index contributed by atoms with van der Waals surface area (Å²) in [4.78, 5) is 10.3. The zero-order chi connectivity index (χ0) is 16.2. The molecule has 0 radical (unpaired) electrons. The van der Waals surface area contributed by atoms with Crippen molar-refractivity contribution in [2.45, 2.75) is 18.9 Å². The van der Waals surface area contributed by atoms with Crippen molar-refractivity contribution in [3.05, 3.63) is 81.4 Å². The van der Waals surface area contributed by atoms with E-state index in [9.17, 15) is 18.5 Å². The summed E-state index contributed by atoms with van der Waals surface area (Å²) >= 11 is 0. The van der Waals surface area contributed by atoms with Gasteiger partial charge in [0.1, 0.15) is 5.75 Å². The average Bonchev–Trinajstić information content (AvgIpc) is 2.48. The molecule has 6 nitrogen and oxygen atoms in total. The van der Waals surface area contributed by atoms with E-state index in [1.807, 2.05) is 6.92 Å². The van der Waals surface area contributed by atoms with Crippen LogP contribution >= 0.6 is 0 Å². The zero-order valence-corrected chi connectivity index (χ0v) is 12.7. The van der Waals surface area contributed by atoms with Gasteiger partial charge in [-0.1, -0.05) is 48.0 Å². The predicted molar refractivity (Wildman–Crippen MR) is 81.1 cm³/mol. The van der Waals surface area contributed by atoms with Crippen LogP contribution in [0.4, 0.5) is 0 Å². The first kappa shape index (κ1) is 16.1. The van der Waals surface area contributed by atoms with Gasteiger partial charge in [0.15, 0.2) is 0 Å². The summed E-state index contributed by atoms with van der Waals surface area (Å²) in [5.74, 6) is -0.412. The second-order valence-corrected chi connectivity index (χ2v) is 6.43. The Kier molecular flexibility index (Phi) is 4.89. The summed E-state index contributed by atoms with van der Waals surface area (Å²) in [6.07, 6.45) is -1.74. The van der Waals surface area contributed by atoms with Gasteiger partial charge in [0.25, 0.3) is 10.1 Å². The van der Waals surface area contributed by atoms with Gasteiger partial charge in [-0.25, -0.2) is 0 Å². The van der Waals surface area contributed by atoms with Crippen LogP contribution in [0, 0.1) is 17.0 Å². The molecule has 0 N–H and O–H groups in total. The Morgan fingerprint density at radius 2 is 1.68 bits per heavy atom. The number of hydrogen-bond acceptors (Lipinski definition) is 5. The maximum Gasteiger partial charge on any atom is 0.355 e. The quantitative estimate of drug-likeness (QED) is 0.353. The van der Waals surface area contributed by atoms with Gasteiger partial charge in [-0.3, -0.25) is 10.1 Å². The maximum atomic E-state index is 12.0. The molecule has 116 valence electrons. The standard InChI is InChI=1S/C15H15NO5S/c1-12-7-9-13(10-8-12)11-22(19,20)21-15(16(17)18)14-5-3-2-4-6-14/h2-10,15H,11H2,1H3. The third-order valence-corrected chi connectivity index (χ3v) is 4.14. The summed E-state index contributed by atoms with van der Waals surface area (Å²) < 4.78 is 28.9. The largest absolute Gasteiger partial charge is 0.355 e. The van der Waals surface area contributed by atoms with E-state index in [4.69, 9.17) is 4.18 Å². The minimum absolute atomic E-state index is 0.181. The first-order valence-corrected chi connectivity index (χ1v) is 8.10. The lowest BCUT2D eigenvalue weighted by Crippen LogP contribution is -2.20. The lowest BCUT2D eigenvalue weighted by Gasteiger charge is -2.11. The molecule has 0 bridgehead atoms. The predicted octanol–water partition coefficient (Wildman–Crippen LogP) is 2.82. The monoisotopic (exact) mass is 321 g/mol. The third-order valence-electron chi connectivity index (χ3n) is 2.98. The molecular formula is C15H15NO5S. The highest BCUT2D eigenvalue weighted by Crippen LogP contribution is 2.22. The van der Waals surface area contributed by atoms with Crippen molar-refractivity contribution < 1.29 is 17.5 Å². The molecule has 0 aliphatic rings. The molecule has 22 heavy (non-hydrogen) atoms. The molecule has 0 saturated carbocycles. The molecule has 0 heterocycles. The Bertz CT molecular complexity index is 741. The van der Waals surface area contributed by atoms with E-state index in [2.05, 4.69) is 0 Å². The van der Waals surface area contributed by atoms with E-state index in [1.54, 1.807) is 42.5 Å². The molecule has 0 aliphatic heterocycles. The Morgan fingerprint density at radius 1 is 1.09 bits per heavy atom. The van der Waals surface area contributed by atoms with Crippen LogP contribution in [-0.4, -0.2) is 13.3 Å². The fourth-order valence-electron chi connectivity index (χ4n) is 1.89. The van der Waals surface area contributed by atoms with E-state index in [-0.39, 0.29) is 5.56 Å². The topological polar surface area (TPSA) is 86.5 Å². The van der Waals surface area contributed by atoms with Crippen LogP contribution in [0.25, 0.3) is 0 Å². The van der Waals surface area contributed by atoms with Gasteiger partial charge in [0.05, 0.1) is 10.5 Å². The number of aryl methyl sites for hydroxylation is 1. The smallest absolute Gasteiger partial charge is 0.261 e. The molecule has 2 aromatic carbocycles. The minimum Gasteiger partial charge on any atom is -0.261 e.